The number of hydrogen-bond acceptors (Lipinski definition) is 3. The topological polar surface area (TPSA) is 45.2 Å². The molecule has 0 aromatic carbocycles. The first-order valence-electron chi connectivity index (χ1n) is 6.56. The average Bonchev–Trinajstić information content (AvgIpc) is 2.41. The first-order valence-corrected chi connectivity index (χ1v) is 6.94. The van der Waals surface area contributed by atoms with Crippen LogP contribution in [0, 0.1) is 5.41 Å². The van der Waals surface area contributed by atoms with Crippen LogP contribution in [0.25, 0.3) is 0 Å². The fraction of sp³-hybridized carbons (Fsp3) is 0.571. The van der Waals surface area contributed by atoms with E-state index in [-0.39, 0.29) is 11.3 Å². The molecule has 1 N–H and O–H groups in total. The maximum atomic E-state index is 12.1. The quantitative estimate of drug-likeness (QED) is 0.924. The molecule has 0 saturated carbocycles. The summed E-state index contributed by atoms with van der Waals surface area (Å²) in [5.41, 5.74) is 0.676. The van der Waals surface area contributed by atoms with Crippen molar-refractivity contribution in [3.05, 3.63) is 29.0 Å². The van der Waals surface area contributed by atoms with Crippen LogP contribution in [-0.2, 0) is 0 Å². The SMILES string of the molecule is CN1CCC(C)(CNC(=O)c2ccncc2Cl)CC1. The van der Waals surface area contributed by atoms with E-state index in [2.05, 4.69) is 29.2 Å². The minimum Gasteiger partial charge on any atom is -0.351 e. The Kier molecular flexibility index (Phi) is 4.42. The molecule has 1 saturated heterocycles. The molecule has 0 bridgehead atoms. The van der Waals surface area contributed by atoms with E-state index in [1.165, 1.54) is 6.20 Å². The normalized spacial score (nSPS) is 19.1. The summed E-state index contributed by atoms with van der Waals surface area (Å²) < 4.78 is 0. The van der Waals surface area contributed by atoms with Crippen molar-refractivity contribution in [2.24, 2.45) is 5.41 Å². The van der Waals surface area contributed by atoms with Crippen molar-refractivity contribution < 1.29 is 4.79 Å². The van der Waals surface area contributed by atoms with Crippen molar-refractivity contribution in [2.45, 2.75) is 19.8 Å². The molecule has 19 heavy (non-hydrogen) atoms. The molecule has 1 aliphatic rings. The van der Waals surface area contributed by atoms with Gasteiger partial charge in [0.15, 0.2) is 0 Å². The summed E-state index contributed by atoms with van der Waals surface area (Å²) >= 11 is 5.96. The van der Waals surface area contributed by atoms with Gasteiger partial charge in [0.05, 0.1) is 10.6 Å². The summed E-state index contributed by atoms with van der Waals surface area (Å²) in [5.74, 6) is -0.118. The monoisotopic (exact) mass is 281 g/mol. The third kappa shape index (κ3) is 3.67. The van der Waals surface area contributed by atoms with Crippen molar-refractivity contribution in [3.8, 4) is 0 Å². The van der Waals surface area contributed by atoms with Crippen LogP contribution in [0.5, 0.6) is 0 Å². The largest absolute Gasteiger partial charge is 0.351 e. The first-order chi connectivity index (χ1) is 9.00. The third-order valence-electron chi connectivity index (χ3n) is 3.89. The van der Waals surface area contributed by atoms with Crippen molar-refractivity contribution in [1.82, 2.24) is 15.2 Å². The van der Waals surface area contributed by atoms with Gasteiger partial charge < -0.3 is 10.2 Å². The number of rotatable bonds is 3. The molecule has 1 aromatic rings. The molecule has 104 valence electrons. The lowest BCUT2D eigenvalue weighted by Gasteiger charge is -2.37. The van der Waals surface area contributed by atoms with Crippen LogP contribution in [0.2, 0.25) is 5.02 Å². The number of piperidine rings is 1. The Morgan fingerprint density at radius 1 is 1.53 bits per heavy atom. The fourth-order valence-corrected chi connectivity index (χ4v) is 2.49. The maximum Gasteiger partial charge on any atom is 0.252 e. The lowest BCUT2D eigenvalue weighted by atomic mass is 9.80. The maximum absolute atomic E-state index is 12.1. The van der Waals surface area contributed by atoms with E-state index in [1.54, 1.807) is 12.3 Å². The highest BCUT2D eigenvalue weighted by atomic mass is 35.5. The van der Waals surface area contributed by atoms with Gasteiger partial charge in [0.1, 0.15) is 0 Å². The van der Waals surface area contributed by atoms with Crippen molar-refractivity contribution in [3.63, 3.8) is 0 Å². The fourth-order valence-electron chi connectivity index (χ4n) is 2.28. The summed E-state index contributed by atoms with van der Waals surface area (Å²) in [7, 11) is 2.13. The molecule has 2 heterocycles. The van der Waals surface area contributed by atoms with Crippen molar-refractivity contribution in [1.29, 1.82) is 0 Å². The summed E-state index contributed by atoms with van der Waals surface area (Å²) in [6.45, 7) is 5.09. The van der Waals surface area contributed by atoms with E-state index < -0.39 is 0 Å². The highest BCUT2D eigenvalue weighted by Crippen LogP contribution is 2.29. The number of nitrogens with one attached hydrogen (secondary N) is 1. The lowest BCUT2D eigenvalue weighted by molar-refractivity contribution is 0.0891. The highest BCUT2D eigenvalue weighted by Gasteiger charge is 2.29. The molecule has 0 spiro atoms. The lowest BCUT2D eigenvalue weighted by Crippen LogP contribution is -2.43. The van der Waals surface area contributed by atoms with E-state index in [0.717, 1.165) is 25.9 Å². The van der Waals surface area contributed by atoms with Gasteiger partial charge in [0.25, 0.3) is 5.91 Å². The Morgan fingerprint density at radius 3 is 2.84 bits per heavy atom. The second-order valence-corrected chi connectivity index (χ2v) is 6.06. The predicted octanol–water partition coefficient (Wildman–Crippen LogP) is 2.20. The molecular weight excluding hydrogens is 262 g/mol. The standard InChI is InChI=1S/C14H20ClN3O/c1-14(4-7-18(2)8-5-14)10-17-13(19)11-3-6-16-9-12(11)15/h3,6,9H,4-5,7-8,10H2,1-2H3,(H,17,19). The van der Waals surface area contributed by atoms with Crippen LogP contribution in [0.1, 0.15) is 30.1 Å². The van der Waals surface area contributed by atoms with Gasteiger partial charge in [-0.15, -0.1) is 0 Å². The summed E-state index contributed by atoms with van der Waals surface area (Å²) in [5, 5.41) is 3.39. The molecular formula is C14H20ClN3O. The number of likely N-dealkylation sites (tertiary alicyclic amines) is 1. The molecule has 4 nitrogen and oxygen atoms in total. The Labute approximate surface area is 119 Å². The number of amides is 1. The predicted molar refractivity (Wildman–Crippen MR) is 76.4 cm³/mol. The number of carbonyl (C=O) groups excluding carboxylic acids is 1. The Bertz CT molecular complexity index is 456. The molecule has 0 unspecified atom stereocenters. The van der Waals surface area contributed by atoms with Gasteiger partial charge >= 0.3 is 0 Å². The summed E-state index contributed by atoms with van der Waals surface area (Å²) in [6, 6.07) is 1.65. The molecule has 1 aliphatic heterocycles. The molecule has 0 aliphatic carbocycles. The Hall–Kier alpha value is -1.13. The van der Waals surface area contributed by atoms with Crippen LogP contribution in [0.4, 0.5) is 0 Å². The van der Waals surface area contributed by atoms with Gasteiger partial charge in [-0.05, 0) is 44.5 Å². The van der Waals surface area contributed by atoms with Crippen LogP contribution in [0.15, 0.2) is 18.5 Å². The van der Waals surface area contributed by atoms with Gasteiger partial charge in [0, 0.05) is 18.9 Å². The highest BCUT2D eigenvalue weighted by molar-refractivity contribution is 6.33. The molecule has 0 atom stereocenters. The number of halogens is 1. The zero-order valence-corrected chi connectivity index (χ0v) is 12.2. The van der Waals surface area contributed by atoms with Gasteiger partial charge in [-0.1, -0.05) is 18.5 Å². The molecule has 1 fully saturated rings. The Morgan fingerprint density at radius 2 is 2.21 bits per heavy atom. The molecule has 1 amide bonds. The smallest absolute Gasteiger partial charge is 0.252 e. The minimum absolute atomic E-state index is 0.118. The van der Waals surface area contributed by atoms with Crippen LogP contribution in [-0.4, -0.2) is 42.5 Å². The van der Waals surface area contributed by atoms with E-state index in [4.69, 9.17) is 11.6 Å². The third-order valence-corrected chi connectivity index (χ3v) is 4.19. The zero-order valence-electron chi connectivity index (χ0n) is 11.4. The van der Waals surface area contributed by atoms with E-state index in [0.29, 0.717) is 17.1 Å². The number of nitrogens with zero attached hydrogens (tertiary/aromatic N) is 2. The first kappa shape index (κ1) is 14.3. The minimum atomic E-state index is -0.118. The number of carbonyl (C=O) groups is 1. The van der Waals surface area contributed by atoms with Gasteiger partial charge in [-0.2, -0.15) is 0 Å². The molecule has 1 aromatic heterocycles. The average molecular weight is 282 g/mol. The second-order valence-electron chi connectivity index (χ2n) is 5.65. The molecule has 0 radical (unpaired) electrons. The number of pyridine rings is 1. The van der Waals surface area contributed by atoms with E-state index in [1.807, 2.05) is 0 Å². The van der Waals surface area contributed by atoms with Gasteiger partial charge in [-0.3, -0.25) is 9.78 Å². The van der Waals surface area contributed by atoms with E-state index in [9.17, 15) is 4.79 Å². The van der Waals surface area contributed by atoms with Crippen LogP contribution in [0.3, 0.4) is 0 Å². The van der Waals surface area contributed by atoms with Crippen molar-refractivity contribution in [2.75, 3.05) is 26.7 Å². The van der Waals surface area contributed by atoms with Crippen LogP contribution < -0.4 is 5.32 Å². The number of aromatic nitrogens is 1. The molecule has 2 rings (SSSR count). The Balaban J connectivity index is 1.92. The second kappa shape index (κ2) is 5.88. The molecule has 5 heteroatoms. The number of hydrogen-bond donors (Lipinski definition) is 1. The van der Waals surface area contributed by atoms with Crippen molar-refractivity contribution >= 4 is 17.5 Å². The van der Waals surface area contributed by atoms with E-state index >= 15 is 0 Å². The summed E-state index contributed by atoms with van der Waals surface area (Å²) in [4.78, 5) is 18.3. The summed E-state index contributed by atoms with van der Waals surface area (Å²) in [6.07, 6.45) is 5.29. The zero-order chi connectivity index (χ0) is 13.9. The van der Waals surface area contributed by atoms with Crippen LogP contribution >= 0.6 is 11.6 Å². The van der Waals surface area contributed by atoms with Gasteiger partial charge in [-0.25, -0.2) is 0 Å². The van der Waals surface area contributed by atoms with Gasteiger partial charge in [0.2, 0.25) is 0 Å².